The molecular weight excluding hydrogens is 395 g/mol. The molecule has 1 heterocycles. The van der Waals surface area contributed by atoms with Gasteiger partial charge < -0.3 is 4.90 Å². The van der Waals surface area contributed by atoms with Crippen molar-refractivity contribution in [3.8, 4) is 0 Å². The quantitative estimate of drug-likeness (QED) is 0.506. The number of halogens is 2. The van der Waals surface area contributed by atoms with Gasteiger partial charge in [0.15, 0.2) is 5.78 Å². The lowest BCUT2D eigenvalue weighted by atomic mass is 10.1. The van der Waals surface area contributed by atoms with E-state index in [0.717, 1.165) is 11.3 Å². The van der Waals surface area contributed by atoms with E-state index in [0.29, 0.717) is 34.3 Å². The number of hydrogen-bond acceptors (Lipinski definition) is 3. The minimum atomic E-state index is -0.160. The number of hydrogen-bond donors (Lipinski definition) is 0. The first kappa shape index (κ1) is 20.1. The fourth-order valence-corrected chi connectivity index (χ4v) is 3.10. The minimum Gasteiger partial charge on any atom is -0.328 e. The Morgan fingerprint density at radius 2 is 1.61 bits per heavy atom. The highest BCUT2D eigenvalue weighted by atomic mass is 35.5. The smallest absolute Gasteiger partial charge is 0.254 e. The summed E-state index contributed by atoms with van der Waals surface area (Å²) in [5, 5.41) is 0.906. The average molecular weight is 413 g/mol. The third kappa shape index (κ3) is 4.97. The minimum absolute atomic E-state index is 0.0415. The second-order valence-electron chi connectivity index (χ2n) is 6.36. The predicted molar refractivity (Wildman–Crippen MR) is 111 cm³/mol. The fourth-order valence-electron chi connectivity index (χ4n) is 2.78. The van der Waals surface area contributed by atoms with E-state index in [9.17, 15) is 9.59 Å². The number of Topliss-reactive ketones (excluding diaryl/α,β-unsaturated/α-hetero) is 1. The van der Waals surface area contributed by atoms with Crippen LogP contribution in [0.5, 0.6) is 0 Å². The van der Waals surface area contributed by atoms with E-state index < -0.39 is 0 Å². The van der Waals surface area contributed by atoms with Gasteiger partial charge in [-0.15, -0.1) is 0 Å². The molecule has 0 unspecified atom stereocenters. The largest absolute Gasteiger partial charge is 0.328 e. The number of carbonyl (C=O) groups is 2. The van der Waals surface area contributed by atoms with Crippen molar-refractivity contribution >= 4 is 34.9 Å². The molecular formula is C22H18Cl2N2O2. The molecule has 6 heteroatoms. The molecule has 0 atom stereocenters. The van der Waals surface area contributed by atoms with E-state index in [1.54, 1.807) is 47.5 Å². The maximum Gasteiger partial charge on any atom is 0.254 e. The van der Waals surface area contributed by atoms with Gasteiger partial charge in [-0.2, -0.15) is 0 Å². The SMILES string of the molecule is CC(=O)c1ccc(C(=O)N(Cc2ccc(Cl)c(Cl)c2)Cc2ccccn2)cc1. The molecule has 0 radical (unpaired) electrons. The van der Waals surface area contributed by atoms with Crippen molar-refractivity contribution in [1.29, 1.82) is 0 Å². The first-order valence-corrected chi connectivity index (χ1v) is 9.44. The predicted octanol–water partition coefficient (Wildman–Crippen LogP) is 5.43. The summed E-state index contributed by atoms with van der Waals surface area (Å²) in [6, 6.07) is 17.5. The van der Waals surface area contributed by atoms with E-state index in [-0.39, 0.29) is 11.7 Å². The number of ketones is 1. The lowest BCUT2D eigenvalue weighted by Gasteiger charge is -2.23. The number of carbonyl (C=O) groups excluding carboxylic acids is 2. The van der Waals surface area contributed by atoms with Crippen molar-refractivity contribution in [2.45, 2.75) is 20.0 Å². The van der Waals surface area contributed by atoms with Gasteiger partial charge in [-0.05, 0) is 48.9 Å². The van der Waals surface area contributed by atoms with Gasteiger partial charge in [-0.3, -0.25) is 14.6 Å². The lowest BCUT2D eigenvalue weighted by Crippen LogP contribution is -2.30. The maximum absolute atomic E-state index is 13.1. The summed E-state index contributed by atoms with van der Waals surface area (Å²) in [6.45, 7) is 2.18. The van der Waals surface area contributed by atoms with Gasteiger partial charge in [-0.25, -0.2) is 0 Å². The van der Waals surface area contributed by atoms with Crippen LogP contribution >= 0.6 is 23.2 Å². The number of amides is 1. The summed E-state index contributed by atoms with van der Waals surface area (Å²) in [4.78, 5) is 30.6. The van der Waals surface area contributed by atoms with E-state index in [2.05, 4.69) is 4.98 Å². The van der Waals surface area contributed by atoms with E-state index in [4.69, 9.17) is 23.2 Å². The number of pyridine rings is 1. The monoisotopic (exact) mass is 412 g/mol. The molecule has 0 aliphatic carbocycles. The molecule has 1 amide bonds. The van der Waals surface area contributed by atoms with Crippen LogP contribution in [0.3, 0.4) is 0 Å². The second-order valence-corrected chi connectivity index (χ2v) is 7.18. The zero-order valence-electron chi connectivity index (χ0n) is 15.2. The van der Waals surface area contributed by atoms with Gasteiger partial charge in [0.25, 0.3) is 5.91 Å². The highest BCUT2D eigenvalue weighted by molar-refractivity contribution is 6.42. The Hall–Kier alpha value is -2.69. The van der Waals surface area contributed by atoms with Crippen LogP contribution in [0.1, 0.15) is 38.9 Å². The normalized spacial score (nSPS) is 10.5. The zero-order chi connectivity index (χ0) is 20.1. The number of rotatable bonds is 6. The highest BCUT2D eigenvalue weighted by Gasteiger charge is 2.18. The molecule has 4 nitrogen and oxygen atoms in total. The van der Waals surface area contributed by atoms with Gasteiger partial charge in [0.05, 0.1) is 22.3 Å². The molecule has 0 saturated heterocycles. The topological polar surface area (TPSA) is 50.3 Å². The number of benzene rings is 2. The Labute approximate surface area is 173 Å². The van der Waals surface area contributed by atoms with Crippen LogP contribution in [0, 0.1) is 0 Å². The van der Waals surface area contributed by atoms with E-state index in [1.807, 2.05) is 24.3 Å². The average Bonchev–Trinajstić information content (AvgIpc) is 2.70. The van der Waals surface area contributed by atoms with Crippen molar-refractivity contribution in [3.05, 3.63) is 99.3 Å². The summed E-state index contributed by atoms with van der Waals surface area (Å²) >= 11 is 12.1. The molecule has 0 aliphatic rings. The van der Waals surface area contributed by atoms with Gasteiger partial charge in [0.1, 0.15) is 0 Å². The highest BCUT2D eigenvalue weighted by Crippen LogP contribution is 2.24. The summed E-state index contributed by atoms with van der Waals surface area (Å²) in [6.07, 6.45) is 1.69. The van der Waals surface area contributed by atoms with Gasteiger partial charge >= 0.3 is 0 Å². The van der Waals surface area contributed by atoms with E-state index >= 15 is 0 Å². The molecule has 0 fully saturated rings. The summed E-state index contributed by atoms with van der Waals surface area (Å²) < 4.78 is 0. The van der Waals surface area contributed by atoms with E-state index in [1.165, 1.54) is 6.92 Å². The van der Waals surface area contributed by atoms with Crippen LogP contribution in [0.4, 0.5) is 0 Å². The van der Waals surface area contributed by atoms with Gasteiger partial charge in [0.2, 0.25) is 0 Å². The molecule has 0 saturated carbocycles. The van der Waals surface area contributed by atoms with Crippen LogP contribution in [-0.2, 0) is 13.1 Å². The number of aromatic nitrogens is 1. The molecule has 2 aromatic carbocycles. The number of nitrogens with zero attached hydrogens (tertiary/aromatic N) is 2. The van der Waals surface area contributed by atoms with Gasteiger partial charge in [0, 0.05) is 23.9 Å². The summed E-state index contributed by atoms with van der Waals surface area (Å²) in [7, 11) is 0. The molecule has 3 aromatic rings. The van der Waals surface area contributed by atoms with Crippen LogP contribution in [0.2, 0.25) is 10.0 Å². The zero-order valence-corrected chi connectivity index (χ0v) is 16.7. The van der Waals surface area contributed by atoms with Crippen molar-refractivity contribution in [2.24, 2.45) is 0 Å². The molecule has 0 spiro atoms. The van der Waals surface area contributed by atoms with Gasteiger partial charge in [-0.1, -0.05) is 47.5 Å². The maximum atomic E-state index is 13.1. The van der Waals surface area contributed by atoms with Crippen LogP contribution in [0.15, 0.2) is 66.9 Å². The second kappa shape index (κ2) is 9.00. The Balaban J connectivity index is 1.88. The van der Waals surface area contributed by atoms with Crippen LogP contribution in [0.25, 0.3) is 0 Å². The molecule has 28 heavy (non-hydrogen) atoms. The summed E-state index contributed by atoms with van der Waals surface area (Å²) in [5.74, 6) is -0.202. The Morgan fingerprint density at radius 3 is 2.21 bits per heavy atom. The summed E-state index contributed by atoms with van der Waals surface area (Å²) in [5.41, 5.74) is 2.70. The molecule has 3 rings (SSSR count). The third-order valence-corrected chi connectivity index (χ3v) is 5.00. The molecule has 0 aliphatic heterocycles. The fraction of sp³-hybridized carbons (Fsp3) is 0.136. The first-order valence-electron chi connectivity index (χ1n) is 8.68. The molecule has 0 N–H and O–H groups in total. The van der Waals surface area contributed by atoms with Crippen molar-refractivity contribution in [3.63, 3.8) is 0 Å². The molecule has 1 aromatic heterocycles. The van der Waals surface area contributed by atoms with Crippen molar-refractivity contribution in [1.82, 2.24) is 9.88 Å². The third-order valence-electron chi connectivity index (χ3n) is 4.26. The standard InChI is InChI=1S/C22H18Cl2N2O2/c1-15(27)17-6-8-18(9-7-17)22(28)26(14-19-4-2-3-11-25-19)13-16-5-10-20(23)21(24)12-16/h2-12H,13-14H2,1H3. The first-order chi connectivity index (χ1) is 13.4. The van der Waals surface area contributed by atoms with Crippen molar-refractivity contribution < 1.29 is 9.59 Å². The van der Waals surface area contributed by atoms with Crippen LogP contribution < -0.4 is 0 Å². The van der Waals surface area contributed by atoms with Crippen molar-refractivity contribution in [2.75, 3.05) is 0 Å². The molecule has 142 valence electrons. The van der Waals surface area contributed by atoms with Crippen LogP contribution in [-0.4, -0.2) is 21.6 Å². The Morgan fingerprint density at radius 1 is 0.893 bits per heavy atom. The molecule has 0 bridgehead atoms. The Kier molecular flexibility index (Phi) is 6.45. The lowest BCUT2D eigenvalue weighted by molar-refractivity contribution is 0.0727. The Bertz CT molecular complexity index is 989.